The number of ether oxygens (including phenoxy) is 1. The van der Waals surface area contributed by atoms with Crippen molar-refractivity contribution >= 4 is 46.1 Å². The molecule has 6 rings (SSSR count). The van der Waals surface area contributed by atoms with E-state index in [1.807, 2.05) is 73.7 Å². The number of para-hydroxylation sites is 1. The Morgan fingerprint density at radius 3 is 2.23 bits per heavy atom. The van der Waals surface area contributed by atoms with E-state index in [4.69, 9.17) is 4.74 Å². The average Bonchev–Trinajstić information content (AvgIpc) is 3.58. The summed E-state index contributed by atoms with van der Waals surface area (Å²) in [7, 11) is 0. The quantitative estimate of drug-likeness (QED) is 0.204. The summed E-state index contributed by atoms with van der Waals surface area (Å²) < 4.78 is 5.50. The molecule has 0 aliphatic carbocycles. The smallest absolute Gasteiger partial charge is 0.254 e. The molecule has 5 N–H and O–H groups in total. The fraction of sp³-hybridized carbons (Fsp3) is 0.375. The highest BCUT2D eigenvalue weighted by atomic mass is 16.5. The number of H-pyrrole nitrogens is 1. The lowest BCUT2D eigenvalue weighted by molar-refractivity contribution is -0.133. The SMILES string of the molecule is Cc1cc(C(=O)N2CCNC(=O)[C@H](Cc3ccccc3)NC(=O)[C@H](C)NC(=O)[C@@H](Cc3c[nH]c4ccccc34)NC(=O)[C@H]2C)ccc1N1CCOCC1. The second kappa shape index (κ2) is 16.8. The number of aromatic amines is 1. The number of nitrogens with zero attached hydrogens (tertiary/aromatic N) is 2. The van der Waals surface area contributed by atoms with Crippen LogP contribution in [-0.4, -0.2) is 103 Å². The molecule has 4 atom stereocenters. The van der Waals surface area contributed by atoms with Crippen LogP contribution >= 0.6 is 0 Å². The van der Waals surface area contributed by atoms with Gasteiger partial charge in [0.05, 0.1) is 13.2 Å². The molecule has 13 nitrogen and oxygen atoms in total. The largest absolute Gasteiger partial charge is 0.378 e. The zero-order valence-electron chi connectivity index (χ0n) is 30.3. The van der Waals surface area contributed by atoms with E-state index in [0.29, 0.717) is 18.8 Å². The van der Waals surface area contributed by atoms with Gasteiger partial charge in [-0.15, -0.1) is 0 Å². The molecular formula is C40H47N7O6. The number of morpholine rings is 1. The summed E-state index contributed by atoms with van der Waals surface area (Å²) in [6.07, 6.45) is 2.12. The van der Waals surface area contributed by atoms with Gasteiger partial charge in [0.25, 0.3) is 5.91 Å². The lowest BCUT2D eigenvalue weighted by atomic mass is 10.0. The molecule has 2 saturated heterocycles. The number of aromatic nitrogens is 1. The van der Waals surface area contributed by atoms with E-state index in [1.54, 1.807) is 19.2 Å². The van der Waals surface area contributed by atoms with Gasteiger partial charge in [-0.25, -0.2) is 0 Å². The third-order valence-electron chi connectivity index (χ3n) is 9.95. The van der Waals surface area contributed by atoms with Crippen molar-refractivity contribution in [1.82, 2.24) is 31.2 Å². The Morgan fingerprint density at radius 2 is 1.47 bits per heavy atom. The Morgan fingerprint density at radius 1 is 0.774 bits per heavy atom. The average molecular weight is 722 g/mol. The first-order chi connectivity index (χ1) is 25.6. The Kier molecular flexibility index (Phi) is 11.7. The maximum Gasteiger partial charge on any atom is 0.254 e. The topological polar surface area (TPSA) is 165 Å². The summed E-state index contributed by atoms with van der Waals surface area (Å²) in [6.45, 7) is 7.83. The summed E-state index contributed by atoms with van der Waals surface area (Å²) in [5.41, 5.74) is 4.81. The molecule has 0 unspecified atom stereocenters. The van der Waals surface area contributed by atoms with E-state index in [-0.39, 0.29) is 25.9 Å². The molecule has 0 saturated carbocycles. The van der Waals surface area contributed by atoms with Crippen LogP contribution in [-0.2, 0) is 36.8 Å². The van der Waals surface area contributed by atoms with E-state index >= 15 is 0 Å². The first-order valence-electron chi connectivity index (χ1n) is 18.1. The van der Waals surface area contributed by atoms with Crippen molar-refractivity contribution in [2.75, 3.05) is 44.3 Å². The van der Waals surface area contributed by atoms with E-state index in [9.17, 15) is 24.0 Å². The third-order valence-corrected chi connectivity index (χ3v) is 9.95. The molecule has 2 fully saturated rings. The summed E-state index contributed by atoms with van der Waals surface area (Å²) in [5.74, 6) is -2.54. The van der Waals surface area contributed by atoms with Gasteiger partial charge in [0.2, 0.25) is 23.6 Å². The molecule has 13 heteroatoms. The molecule has 4 aromatic rings. The molecule has 3 aromatic carbocycles. The first kappa shape index (κ1) is 37.1. The van der Waals surface area contributed by atoms with Crippen LogP contribution in [0.1, 0.15) is 40.9 Å². The number of aryl methyl sites for hydroxylation is 1. The van der Waals surface area contributed by atoms with Crippen LogP contribution in [0, 0.1) is 6.92 Å². The number of rotatable bonds is 6. The van der Waals surface area contributed by atoms with Gasteiger partial charge in [0.1, 0.15) is 24.2 Å². The summed E-state index contributed by atoms with van der Waals surface area (Å²) >= 11 is 0. The van der Waals surface area contributed by atoms with Crippen molar-refractivity contribution in [1.29, 1.82) is 0 Å². The fourth-order valence-electron chi connectivity index (χ4n) is 6.91. The van der Waals surface area contributed by atoms with Crippen LogP contribution in [0.4, 0.5) is 5.69 Å². The number of hydrogen-bond donors (Lipinski definition) is 5. The highest BCUT2D eigenvalue weighted by Crippen LogP contribution is 2.24. The Hall–Kier alpha value is -5.69. The lowest BCUT2D eigenvalue weighted by Crippen LogP contribution is -2.57. The molecule has 0 radical (unpaired) electrons. The third kappa shape index (κ3) is 8.86. The van der Waals surface area contributed by atoms with Crippen molar-refractivity contribution in [2.24, 2.45) is 0 Å². The standard InChI is InChI=1S/C40H47N7O6/c1-25-21-29(13-14-35(25)46-17-19-53-20-18-46)40(52)47-16-15-41-38(50)33(22-28-9-5-4-6-10-28)44-36(48)26(2)43-39(51)34(45-37(49)27(47)3)23-30-24-42-32-12-8-7-11-31(30)32/h4-14,21,24,26-27,33-34,42H,15-20,22-23H2,1-3H3,(H,41,50)(H,43,51)(H,44,48)(H,45,49)/t26-,27+,33-,34+/m0/s1. The Bertz CT molecular complexity index is 1960. The second-order valence-electron chi connectivity index (χ2n) is 13.7. The first-order valence-corrected chi connectivity index (χ1v) is 18.1. The van der Waals surface area contributed by atoms with Gasteiger partial charge in [-0.2, -0.15) is 0 Å². The summed E-state index contributed by atoms with van der Waals surface area (Å²) in [6, 6.07) is 18.3. The van der Waals surface area contributed by atoms with Crippen molar-refractivity contribution in [3.63, 3.8) is 0 Å². The van der Waals surface area contributed by atoms with Crippen LogP contribution in [0.25, 0.3) is 10.9 Å². The molecule has 5 amide bonds. The summed E-state index contributed by atoms with van der Waals surface area (Å²) in [5, 5.41) is 12.2. The van der Waals surface area contributed by atoms with Crippen molar-refractivity contribution in [2.45, 2.75) is 57.8 Å². The molecule has 0 spiro atoms. The minimum Gasteiger partial charge on any atom is -0.378 e. The van der Waals surface area contributed by atoms with Crippen molar-refractivity contribution in [3.8, 4) is 0 Å². The molecule has 0 bridgehead atoms. The zero-order chi connectivity index (χ0) is 37.5. The van der Waals surface area contributed by atoms with Crippen LogP contribution < -0.4 is 26.2 Å². The predicted octanol–water partition coefficient (Wildman–Crippen LogP) is 2.23. The minimum absolute atomic E-state index is 0.00879. The second-order valence-corrected chi connectivity index (χ2v) is 13.7. The van der Waals surface area contributed by atoms with Crippen molar-refractivity contribution < 1.29 is 28.7 Å². The maximum absolute atomic E-state index is 14.3. The van der Waals surface area contributed by atoms with E-state index in [0.717, 1.165) is 46.4 Å². The van der Waals surface area contributed by atoms with Crippen LogP contribution in [0.15, 0.2) is 79.0 Å². The number of nitrogens with one attached hydrogen (secondary N) is 5. The van der Waals surface area contributed by atoms with Crippen LogP contribution in [0.2, 0.25) is 0 Å². The highest BCUT2D eigenvalue weighted by molar-refractivity contribution is 6.00. The number of carbonyl (C=O) groups excluding carboxylic acids is 5. The van der Waals surface area contributed by atoms with Gasteiger partial charge >= 0.3 is 0 Å². The molecule has 3 heterocycles. The number of amides is 5. The Balaban J connectivity index is 1.31. The van der Waals surface area contributed by atoms with Crippen LogP contribution in [0.5, 0.6) is 0 Å². The van der Waals surface area contributed by atoms with E-state index in [1.165, 1.54) is 11.8 Å². The minimum atomic E-state index is -1.09. The molecule has 2 aliphatic heterocycles. The van der Waals surface area contributed by atoms with Gasteiger partial charge in [-0.1, -0.05) is 48.5 Å². The van der Waals surface area contributed by atoms with Gasteiger partial charge in [0, 0.05) is 67.4 Å². The zero-order valence-corrected chi connectivity index (χ0v) is 30.3. The predicted molar refractivity (Wildman–Crippen MR) is 201 cm³/mol. The summed E-state index contributed by atoms with van der Waals surface area (Å²) in [4.78, 5) is 76.1. The van der Waals surface area contributed by atoms with Gasteiger partial charge in [-0.3, -0.25) is 24.0 Å². The Labute approximate surface area is 308 Å². The molecule has 2 aliphatic rings. The number of anilines is 1. The van der Waals surface area contributed by atoms with E-state index in [2.05, 4.69) is 31.2 Å². The normalized spacial score (nSPS) is 22.2. The van der Waals surface area contributed by atoms with Gasteiger partial charge in [-0.05, 0) is 61.7 Å². The van der Waals surface area contributed by atoms with Gasteiger partial charge < -0.3 is 40.8 Å². The fourth-order valence-corrected chi connectivity index (χ4v) is 6.91. The van der Waals surface area contributed by atoms with Crippen LogP contribution in [0.3, 0.4) is 0 Å². The maximum atomic E-state index is 14.3. The number of fused-ring (bicyclic) bond motifs is 1. The van der Waals surface area contributed by atoms with Crippen molar-refractivity contribution in [3.05, 3.63) is 101 Å². The molecular weight excluding hydrogens is 674 g/mol. The lowest BCUT2D eigenvalue weighted by Gasteiger charge is -2.32. The molecule has 278 valence electrons. The monoisotopic (exact) mass is 721 g/mol. The number of carbonyl (C=O) groups is 5. The molecule has 53 heavy (non-hydrogen) atoms. The van der Waals surface area contributed by atoms with Gasteiger partial charge in [0.15, 0.2) is 0 Å². The number of hydrogen-bond acceptors (Lipinski definition) is 7. The molecule has 1 aromatic heterocycles. The van der Waals surface area contributed by atoms with E-state index < -0.39 is 53.7 Å². The highest BCUT2D eigenvalue weighted by Gasteiger charge is 2.33. The number of benzene rings is 3.